The number of likely N-dealkylation sites (tertiary alicyclic amines) is 1. The van der Waals surface area contributed by atoms with E-state index in [2.05, 4.69) is 20.3 Å². The third kappa shape index (κ3) is 3.56. The molecule has 0 bridgehead atoms. The number of likely N-dealkylation sites (N-methyl/N-ethyl adjacent to an activating group) is 1. The fourth-order valence-corrected chi connectivity index (χ4v) is 2.45. The average Bonchev–Trinajstić information content (AvgIpc) is 2.45. The first-order valence-electron chi connectivity index (χ1n) is 6.85. The zero-order valence-corrected chi connectivity index (χ0v) is 12.2. The number of nitrogens with zero attached hydrogens (tertiary/aromatic N) is 4. The lowest BCUT2D eigenvalue weighted by Crippen LogP contribution is -2.40. The highest BCUT2D eigenvalue weighted by atomic mass is 16.6. The predicted octanol–water partition coefficient (Wildman–Crippen LogP) is 0.842. The van der Waals surface area contributed by atoms with Crippen molar-refractivity contribution in [2.75, 3.05) is 25.6 Å². The highest BCUT2D eigenvalue weighted by molar-refractivity contribution is 5.48. The van der Waals surface area contributed by atoms with E-state index in [9.17, 15) is 10.1 Å². The Morgan fingerprint density at radius 3 is 2.90 bits per heavy atom. The van der Waals surface area contributed by atoms with Crippen molar-refractivity contribution in [3.05, 3.63) is 15.8 Å². The summed E-state index contributed by atoms with van der Waals surface area (Å²) in [6.45, 7) is 2.90. The molecule has 9 nitrogen and oxygen atoms in total. The molecule has 21 heavy (non-hydrogen) atoms. The molecule has 2 rings (SSSR count). The lowest BCUT2D eigenvalue weighted by Gasteiger charge is -2.31. The van der Waals surface area contributed by atoms with Gasteiger partial charge in [0.1, 0.15) is 12.3 Å². The molecule has 0 aromatic carbocycles. The molecule has 1 unspecified atom stereocenters. The Kier molecular flexibility index (Phi) is 4.86. The van der Waals surface area contributed by atoms with Gasteiger partial charge in [-0.15, -0.1) is 0 Å². The zero-order chi connectivity index (χ0) is 15.4. The number of aryl methyl sites for hydroxylation is 1. The first kappa shape index (κ1) is 15.4. The van der Waals surface area contributed by atoms with Crippen LogP contribution in [0.5, 0.6) is 5.88 Å². The summed E-state index contributed by atoms with van der Waals surface area (Å²) in [7, 11) is 2.03. The number of ether oxygens (including phenoxy) is 1. The van der Waals surface area contributed by atoms with Crippen molar-refractivity contribution >= 4 is 11.6 Å². The van der Waals surface area contributed by atoms with E-state index < -0.39 is 4.92 Å². The molecule has 2 heterocycles. The third-order valence-electron chi connectivity index (χ3n) is 3.67. The van der Waals surface area contributed by atoms with Crippen LogP contribution < -0.4 is 16.0 Å². The molecular weight excluding hydrogens is 276 g/mol. The van der Waals surface area contributed by atoms with Crippen LogP contribution in [-0.4, -0.2) is 46.0 Å². The quantitative estimate of drug-likeness (QED) is 0.466. The van der Waals surface area contributed by atoms with Gasteiger partial charge in [-0.05, 0) is 33.4 Å². The lowest BCUT2D eigenvalue weighted by molar-refractivity contribution is -0.387. The number of nitrogen functional groups attached to an aromatic ring is 1. The Balaban J connectivity index is 2.17. The number of nitrogens with one attached hydrogen (secondary N) is 1. The number of aromatic nitrogens is 2. The maximum atomic E-state index is 11.1. The molecule has 3 N–H and O–H groups in total. The standard InChI is InChI=1S/C12H20N6O3/c1-8-10(18(19)20)11(15-12(14-8)16-13)21-7-9-5-3-4-6-17(9)2/h9H,3-7,13H2,1-2H3,(H,14,15,16). The van der Waals surface area contributed by atoms with Crippen LogP contribution in [0.4, 0.5) is 11.6 Å². The van der Waals surface area contributed by atoms with Gasteiger partial charge in [0.25, 0.3) is 5.88 Å². The number of hydrogen-bond acceptors (Lipinski definition) is 8. The van der Waals surface area contributed by atoms with E-state index in [1.165, 1.54) is 13.3 Å². The second-order valence-electron chi connectivity index (χ2n) is 5.13. The molecule has 1 fully saturated rings. The van der Waals surface area contributed by atoms with Gasteiger partial charge in [0.05, 0.1) is 4.92 Å². The summed E-state index contributed by atoms with van der Waals surface area (Å²) >= 11 is 0. The molecule has 116 valence electrons. The van der Waals surface area contributed by atoms with Crippen LogP contribution in [0, 0.1) is 17.0 Å². The van der Waals surface area contributed by atoms with Gasteiger partial charge in [0.15, 0.2) is 0 Å². The molecule has 0 saturated carbocycles. The zero-order valence-electron chi connectivity index (χ0n) is 12.2. The first-order valence-corrected chi connectivity index (χ1v) is 6.85. The molecule has 1 aliphatic rings. The van der Waals surface area contributed by atoms with Crippen LogP contribution in [0.3, 0.4) is 0 Å². The van der Waals surface area contributed by atoms with Gasteiger partial charge in [0, 0.05) is 6.04 Å². The van der Waals surface area contributed by atoms with Crippen LogP contribution in [0.1, 0.15) is 25.0 Å². The van der Waals surface area contributed by atoms with Crippen LogP contribution in [0.25, 0.3) is 0 Å². The number of nitrogens with two attached hydrogens (primary N) is 1. The monoisotopic (exact) mass is 296 g/mol. The number of nitro groups is 1. The minimum Gasteiger partial charge on any atom is -0.471 e. The van der Waals surface area contributed by atoms with Crippen molar-refractivity contribution in [1.82, 2.24) is 14.9 Å². The number of piperidine rings is 1. The van der Waals surface area contributed by atoms with Gasteiger partial charge < -0.3 is 9.64 Å². The molecule has 9 heteroatoms. The SMILES string of the molecule is Cc1nc(NN)nc(OCC2CCCCN2C)c1[N+](=O)[O-]. The maximum absolute atomic E-state index is 11.1. The summed E-state index contributed by atoms with van der Waals surface area (Å²) < 4.78 is 5.60. The van der Waals surface area contributed by atoms with E-state index in [1.807, 2.05) is 7.05 Å². The third-order valence-corrected chi connectivity index (χ3v) is 3.67. The van der Waals surface area contributed by atoms with E-state index in [0.29, 0.717) is 6.61 Å². The predicted molar refractivity (Wildman–Crippen MR) is 77.0 cm³/mol. The van der Waals surface area contributed by atoms with Crippen molar-refractivity contribution in [1.29, 1.82) is 0 Å². The minimum absolute atomic E-state index is 0.0422. The van der Waals surface area contributed by atoms with E-state index in [1.54, 1.807) is 0 Å². The fraction of sp³-hybridized carbons (Fsp3) is 0.667. The number of hydrazine groups is 1. The molecule has 1 aromatic rings. The first-order chi connectivity index (χ1) is 10.0. The molecule has 1 saturated heterocycles. The summed E-state index contributed by atoms with van der Waals surface area (Å²) in [6, 6.07) is 0.239. The van der Waals surface area contributed by atoms with E-state index in [4.69, 9.17) is 10.6 Å². The molecule has 0 amide bonds. The van der Waals surface area contributed by atoms with E-state index >= 15 is 0 Å². The second kappa shape index (κ2) is 6.64. The van der Waals surface area contributed by atoms with Crippen LogP contribution in [0.2, 0.25) is 0 Å². The van der Waals surface area contributed by atoms with Crippen molar-refractivity contribution in [2.24, 2.45) is 5.84 Å². The van der Waals surface area contributed by atoms with Crippen molar-refractivity contribution in [3.63, 3.8) is 0 Å². The second-order valence-corrected chi connectivity index (χ2v) is 5.13. The molecule has 1 atom stereocenters. The molecule has 0 aliphatic carbocycles. The largest absolute Gasteiger partial charge is 0.471 e. The highest BCUT2D eigenvalue weighted by Crippen LogP contribution is 2.29. The average molecular weight is 296 g/mol. The van der Waals surface area contributed by atoms with E-state index in [0.717, 1.165) is 19.4 Å². The molecule has 0 radical (unpaired) electrons. The summed E-state index contributed by atoms with van der Waals surface area (Å²) in [5.41, 5.74) is 2.29. The molecule has 1 aliphatic heterocycles. The molecule has 1 aromatic heterocycles. The van der Waals surface area contributed by atoms with Crippen LogP contribution in [-0.2, 0) is 0 Å². The lowest BCUT2D eigenvalue weighted by atomic mass is 10.0. The van der Waals surface area contributed by atoms with Gasteiger partial charge in [-0.3, -0.25) is 15.5 Å². The topological polar surface area (TPSA) is 119 Å². The van der Waals surface area contributed by atoms with E-state index in [-0.39, 0.29) is 29.3 Å². The van der Waals surface area contributed by atoms with Gasteiger partial charge >= 0.3 is 5.69 Å². The molecular formula is C12H20N6O3. The smallest absolute Gasteiger partial charge is 0.352 e. The van der Waals surface area contributed by atoms with Crippen molar-refractivity contribution in [2.45, 2.75) is 32.2 Å². The minimum atomic E-state index is -0.532. The van der Waals surface area contributed by atoms with Crippen molar-refractivity contribution < 1.29 is 9.66 Å². The van der Waals surface area contributed by atoms with Gasteiger partial charge in [-0.2, -0.15) is 4.98 Å². The maximum Gasteiger partial charge on any atom is 0.352 e. The Morgan fingerprint density at radius 1 is 1.52 bits per heavy atom. The summed E-state index contributed by atoms with van der Waals surface area (Å²) in [4.78, 5) is 20.7. The number of rotatable bonds is 5. The Bertz CT molecular complexity index is 524. The number of anilines is 1. The van der Waals surface area contributed by atoms with Gasteiger partial charge in [-0.1, -0.05) is 6.42 Å². The summed E-state index contributed by atoms with van der Waals surface area (Å²) in [5.74, 6) is 5.33. The highest BCUT2D eigenvalue weighted by Gasteiger charge is 2.26. The summed E-state index contributed by atoms with van der Waals surface area (Å²) in [6.07, 6.45) is 3.32. The number of hydrogen-bond donors (Lipinski definition) is 2. The van der Waals surface area contributed by atoms with Crippen LogP contribution >= 0.6 is 0 Å². The summed E-state index contributed by atoms with van der Waals surface area (Å²) in [5, 5.41) is 11.1. The van der Waals surface area contributed by atoms with Crippen LogP contribution in [0.15, 0.2) is 0 Å². The molecule has 0 spiro atoms. The van der Waals surface area contributed by atoms with Gasteiger partial charge in [0.2, 0.25) is 5.95 Å². The Morgan fingerprint density at radius 2 is 2.29 bits per heavy atom. The van der Waals surface area contributed by atoms with Crippen molar-refractivity contribution in [3.8, 4) is 5.88 Å². The Hall–Kier alpha value is -2.00. The normalized spacial score (nSPS) is 19.3. The fourth-order valence-electron chi connectivity index (χ4n) is 2.45. The Labute approximate surface area is 122 Å². The van der Waals surface area contributed by atoms with Gasteiger partial charge in [-0.25, -0.2) is 10.8 Å².